The number of nitrogens with zero attached hydrogens (tertiary/aromatic N) is 3. The maximum Gasteiger partial charge on any atom is 0.304 e. The van der Waals surface area contributed by atoms with E-state index >= 15 is 0 Å². The number of ether oxygens (including phenoxy) is 1. The Morgan fingerprint density at radius 1 is 0.932 bits per heavy atom. The van der Waals surface area contributed by atoms with E-state index in [0.29, 0.717) is 17.0 Å². The largest absolute Gasteiger partial charge is 0.497 e. The van der Waals surface area contributed by atoms with Crippen molar-refractivity contribution in [3.63, 3.8) is 0 Å². The molecule has 0 aromatic heterocycles. The minimum absolute atomic E-state index is 0.0510. The predicted molar refractivity (Wildman–Crippen MR) is 174 cm³/mol. The molecule has 1 aliphatic rings. The topological polar surface area (TPSA) is 99.3 Å². The third-order valence-corrected chi connectivity index (χ3v) is 9.92. The standard InChI is InChI=1S/C34H44N4O5S/c1-25-18-19-26(2)31(20-25)38(44(41,42)36(3)4)24-33(39)37(23-28-14-11-17-30(21-28)43-5)32(22-27-12-7-6-8-13-27)34(40)35-29-15-9-10-16-29/h6-8,11-14,17-21,29,32H,9-10,15-16,22-24H2,1-5H3,(H,35,40)/t32-/m1/s1. The number of amides is 2. The molecule has 0 heterocycles. The second-order valence-electron chi connectivity index (χ2n) is 11.7. The van der Waals surface area contributed by atoms with E-state index in [1.807, 2.05) is 80.6 Å². The van der Waals surface area contributed by atoms with Crippen molar-refractivity contribution in [1.82, 2.24) is 14.5 Å². The Balaban J connectivity index is 1.79. The Kier molecular flexibility index (Phi) is 11.0. The van der Waals surface area contributed by atoms with Crippen LogP contribution in [0.2, 0.25) is 0 Å². The van der Waals surface area contributed by atoms with Gasteiger partial charge >= 0.3 is 10.2 Å². The highest BCUT2D eigenvalue weighted by Gasteiger charge is 2.36. The number of hydrogen-bond donors (Lipinski definition) is 1. The molecule has 44 heavy (non-hydrogen) atoms. The average Bonchev–Trinajstić information content (AvgIpc) is 3.52. The first kappa shape index (κ1) is 33.0. The van der Waals surface area contributed by atoms with Crippen molar-refractivity contribution < 1.29 is 22.7 Å². The van der Waals surface area contributed by atoms with Crippen molar-refractivity contribution in [1.29, 1.82) is 0 Å². The molecular weight excluding hydrogens is 576 g/mol. The van der Waals surface area contributed by atoms with E-state index in [1.165, 1.54) is 19.0 Å². The van der Waals surface area contributed by atoms with E-state index in [9.17, 15) is 18.0 Å². The Morgan fingerprint density at radius 2 is 1.61 bits per heavy atom. The summed E-state index contributed by atoms with van der Waals surface area (Å²) in [7, 11) is 0.392. The lowest BCUT2D eigenvalue weighted by atomic mass is 10.0. The number of carbonyl (C=O) groups excluding carboxylic acids is 2. The fourth-order valence-electron chi connectivity index (χ4n) is 5.58. The number of nitrogens with one attached hydrogen (secondary N) is 1. The smallest absolute Gasteiger partial charge is 0.304 e. The third kappa shape index (κ3) is 8.18. The summed E-state index contributed by atoms with van der Waals surface area (Å²) in [5, 5.41) is 3.20. The fraction of sp³-hybridized carbons (Fsp3) is 0.412. The average molecular weight is 621 g/mol. The molecule has 0 bridgehead atoms. The van der Waals surface area contributed by atoms with Crippen LogP contribution < -0.4 is 14.4 Å². The highest BCUT2D eigenvalue weighted by Crippen LogP contribution is 2.27. The zero-order chi connectivity index (χ0) is 31.9. The van der Waals surface area contributed by atoms with Crippen molar-refractivity contribution in [2.24, 2.45) is 0 Å². The third-order valence-electron chi connectivity index (χ3n) is 8.11. The zero-order valence-corrected chi connectivity index (χ0v) is 27.1. The second-order valence-corrected chi connectivity index (χ2v) is 13.7. The molecule has 1 aliphatic carbocycles. The van der Waals surface area contributed by atoms with Gasteiger partial charge in [0.1, 0.15) is 18.3 Å². The molecule has 1 atom stereocenters. The lowest BCUT2D eigenvalue weighted by Crippen LogP contribution is -2.55. The number of benzene rings is 3. The normalized spacial score (nSPS) is 14.3. The first-order valence-electron chi connectivity index (χ1n) is 15.0. The van der Waals surface area contributed by atoms with Gasteiger partial charge in [0.25, 0.3) is 0 Å². The Hall–Kier alpha value is -3.89. The Labute approximate surface area is 262 Å². The molecule has 0 spiro atoms. The molecule has 4 rings (SSSR count). The molecule has 1 N–H and O–H groups in total. The highest BCUT2D eigenvalue weighted by atomic mass is 32.2. The van der Waals surface area contributed by atoms with E-state index in [1.54, 1.807) is 13.2 Å². The van der Waals surface area contributed by atoms with Crippen molar-refractivity contribution in [3.05, 3.63) is 95.1 Å². The maximum atomic E-state index is 14.5. The van der Waals surface area contributed by atoms with Crippen LogP contribution >= 0.6 is 0 Å². The van der Waals surface area contributed by atoms with E-state index in [2.05, 4.69) is 5.32 Å². The summed E-state index contributed by atoms with van der Waals surface area (Å²) >= 11 is 0. The van der Waals surface area contributed by atoms with Gasteiger partial charge in [-0.2, -0.15) is 12.7 Å². The monoisotopic (exact) mass is 620 g/mol. The number of anilines is 1. The van der Waals surface area contributed by atoms with Gasteiger partial charge in [0.2, 0.25) is 11.8 Å². The molecule has 1 fully saturated rings. The van der Waals surface area contributed by atoms with E-state index < -0.39 is 28.7 Å². The van der Waals surface area contributed by atoms with E-state index in [0.717, 1.165) is 51.0 Å². The summed E-state index contributed by atoms with van der Waals surface area (Å²) in [6.45, 7) is 3.31. The van der Waals surface area contributed by atoms with Crippen molar-refractivity contribution in [2.45, 2.75) is 64.6 Å². The molecule has 10 heteroatoms. The van der Waals surface area contributed by atoms with Gasteiger partial charge in [-0.25, -0.2) is 4.31 Å². The quantitative estimate of drug-likeness (QED) is 0.301. The summed E-state index contributed by atoms with van der Waals surface area (Å²) in [5.41, 5.74) is 3.66. The van der Waals surface area contributed by atoms with Crippen LogP contribution in [0.4, 0.5) is 5.69 Å². The fourth-order valence-corrected chi connectivity index (χ4v) is 6.69. The van der Waals surface area contributed by atoms with Gasteiger partial charge < -0.3 is 15.0 Å². The molecule has 0 saturated heterocycles. The lowest BCUT2D eigenvalue weighted by molar-refractivity contribution is -0.140. The van der Waals surface area contributed by atoms with Crippen LogP contribution in [-0.2, 0) is 32.8 Å². The molecule has 2 amide bonds. The number of methoxy groups -OCH3 is 1. The summed E-state index contributed by atoms with van der Waals surface area (Å²) in [6.07, 6.45) is 4.17. The molecule has 1 saturated carbocycles. The minimum Gasteiger partial charge on any atom is -0.497 e. The van der Waals surface area contributed by atoms with Gasteiger partial charge in [-0.05, 0) is 67.1 Å². The molecular formula is C34H44N4O5S. The van der Waals surface area contributed by atoms with Gasteiger partial charge in [0.05, 0.1) is 12.8 Å². The molecule has 3 aromatic carbocycles. The van der Waals surface area contributed by atoms with Gasteiger partial charge in [-0.1, -0.05) is 67.4 Å². The minimum atomic E-state index is -4.07. The van der Waals surface area contributed by atoms with Crippen LogP contribution in [0.3, 0.4) is 0 Å². The summed E-state index contributed by atoms with van der Waals surface area (Å²) in [5.74, 6) is -0.107. The maximum absolute atomic E-state index is 14.5. The molecule has 0 unspecified atom stereocenters. The van der Waals surface area contributed by atoms with Gasteiger partial charge in [-0.15, -0.1) is 0 Å². The van der Waals surface area contributed by atoms with Crippen LogP contribution in [-0.4, -0.2) is 69.3 Å². The van der Waals surface area contributed by atoms with Crippen LogP contribution in [0, 0.1) is 13.8 Å². The first-order valence-corrected chi connectivity index (χ1v) is 16.4. The first-order chi connectivity index (χ1) is 21.0. The van der Waals surface area contributed by atoms with Crippen molar-refractivity contribution in [2.75, 3.05) is 32.1 Å². The van der Waals surface area contributed by atoms with Crippen LogP contribution in [0.1, 0.15) is 47.9 Å². The molecule has 3 aromatic rings. The molecule has 0 aliphatic heterocycles. The number of aryl methyl sites for hydroxylation is 2. The molecule has 236 valence electrons. The second kappa shape index (κ2) is 14.7. The number of carbonyl (C=O) groups is 2. The molecule has 0 radical (unpaired) electrons. The zero-order valence-electron chi connectivity index (χ0n) is 26.3. The lowest BCUT2D eigenvalue weighted by Gasteiger charge is -2.35. The summed E-state index contributed by atoms with van der Waals surface area (Å²) in [4.78, 5) is 30.1. The van der Waals surface area contributed by atoms with Crippen LogP contribution in [0.25, 0.3) is 0 Å². The van der Waals surface area contributed by atoms with Gasteiger partial charge in [0, 0.05) is 33.1 Å². The van der Waals surface area contributed by atoms with Crippen molar-refractivity contribution in [3.8, 4) is 5.75 Å². The Bertz CT molecular complexity index is 1540. The summed E-state index contributed by atoms with van der Waals surface area (Å²) in [6, 6.07) is 21.6. The van der Waals surface area contributed by atoms with E-state index in [-0.39, 0.29) is 24.9 Å². The highest BCUT2D eigenvalue weighted by molar-refractivity contribution is 7.90. The summed E-state index contributed by atoms with van der Waals surface area (Å²) < 4.78 is 35.1. The Morgan fingerprint density at radius 3 is 2.27 bits per heavy atom. The van der Waals surface area contributed by atoms with Crippen molar-refractivity contribution >= 4 is 27.7 Å². The molecule has 9 nitrogen and oxygen atoms in total. The van der Waals surface area contributed by atoms with Gasteiger partial charge in [0.15, 0.2) is 0 Å². The SMILES string of the molecule is COc1cccc(CN(C(=O)CN(c2cc(C)ccc2C)S(=O)(=O)N(C)C)[C@H](Cc2ccccc2)C(=O)NC2CCCC2)c1. The number of hydrogen-bond acceptors (Lipinski definition) is 5. The van der Waals surface area contributed by atoms with Crippen LogP contribution in [0.5, 0.6) is 5.75 Å². The van der Waals surface area contributed by atoms with Crippen LogP contribution in [0.15, 0.2) is 72.8 Å². The predicted octanol–water partition coefficient (Wildman–Crippen LogP) is 4.62. The number of rotatable bonds is 13. The van der Waals surface area contributed by atoms with E-state index in [4.69, 9.17) is 4.74 Å². The van der Waals surface area contributed by atoms with Gasteiger partial charge in [-0.3, -0.25) is 9.59 Å².